The molecule has 0 aliphatic rings. The number of hydrogen-bond donors (Lipinski definition) is 1. The van der Waals surface area contributed by atoms with Gasteiger partial charge in [0.05, 0.1) is 10.7 Å². The molecule has 4 nitrogen and oxygen atoms in total. The highest BCUT2D eigenvalue weighted by Gasteiger charge is 2.03. The van der Waals surface area contributed by atoms with E-state index in [2.05, 4.69) is 20.7 Å². The Labute approximate surface area is 120 Å². The molecule has 3 aromatic heterocycles. The lowest BCUT2D eigenvalue weighted by Gasteiger charge is -1.98. The van der Waals surface area contributed by atoms with Crippen molar-refractivity contribution in [1.82, 2.24) is 19.7 Å². The normalized spacial score (nSPS) is 11.3. The molecule has 0 atom stereocenters. The number of aromatic nitrogens is 3. The van der Waals surface area contributed by atoms with Crippen LogP contribution < -0.4 is 5.32 Å². The minimum absolute atomic E-state index is 0.711. The van der Waals surface area contributed by atoms with Gasteiger partial charge in [0, 0.05) is 36.6 Å². The second-order valence-corrected chi connectivity index (χ2v) is 5.71. The van der Waals surface area contributed by atoms with Crippen molar-refractivity contribution in [3.05, 3.63) is 51.3 Å². The van der Waals surface area contributed by atoms with Crippen molar-refractivity contribution in [3.8, 4) is 0 Å². The second-order valence-electron chi connectivity index (χ2n) is 4.33. The Hall–Kier alpha value is -1.43. The van der Waals surface area contributed by atoms with Crippen LogP contribution in [0.5, 0.6) is 0 Å². The van der Waals surface area contributed by atoms with E-state index < -0.39 is 0 Å². The van der Waals surface area contributed by atoms with E-state index in [1.165, 1.54) is 0 Å². The van der Waals surface area contributed by atoms with Gasteiger partial charge in [-0.05, 0) is 19.1 Å². The van der Waals surface area contributed by atoms with E-state index >= 15 is 0 Å². The molecule has 98 valence electrons. The summed E-state index contributed by atoms with van der Waals surface area (Å²) in [7, 11) is 0. The number of aryl methyl sites for hydroxylation is 1. The maximum absolute atomic E-state index is 5.94. The van der Waals surface area contributed by atoms with Crippen molar-refractivity contribution in [2.24, 2.45) is 0 Å². The van der Waals surface area contributed by atoms with Gasteiger partial charge in [0.1, 0.15) is 10.7 Å². The quantitative estimate of drug-likeness (QED) is 0.804. The average molecular weight is 293 g/mol. The maximum atomic E-state index is 5.94. The molecular weight excluding hydrogens is 280 g/mol. The minimum Gasteiger partial charge on any atom is -0.305 e. The molecule has 0 radical (unpaired) electrons. The van der Waals surface area contributed by atoms with Crippen molar-refractivity contribution < 1.29 is 0 Å². The first-order valence-corrected chi connectivity index (χ1v) is 7.21. The Bertz CT molecular complexity index is 704. The molecule has 0 saturated heterocycles. The zero-order valence-corrected chi connectivity index (χ0v) is 12.0. The third kappa shape index (κ3) is 2.94. The van der Waals surface area contributed by atoms with Crippen LogP contribution in [0.1, 0.15) is 16.4 Å². The number of halogens is 1. The summed E-state index contributed by atoms with van der Waals surface area (Å²) in [6, 6.07) is 3.76. The largest absolute Gasteiger partial charge is 0.305 e. The van der Waals surface area contributed by atoms with Gasteiger partial charge in [-0.1, -0.05) is 11.6 Å². The van der Waals surface area contributed by atoms with Gasteiger partial charge in [0.25, 0.3) is 0 Å². The van der Waals surface area contributed by atoms with Gasteiger partial charge in [0.2, 0.25) is 0 Å². The van der Waals surface area contributed by atoms with E-state index in [4.69, 9.17) is 11.6 Å². The Morgan fingerprint density at radius 2 is 2.16 bits per heavy atom. The third-order valence-electron chi connectivity index (χ3n) is 2.71. The first kappa shape index (κ1) is 12.6. The molecule has 1 N–H and O–H groups in total. The predicted molar refractivity (Wildman–Crippen MR) is 77.6 cm³/mol. The molecule has 3 aromatic rings. The van der Waals surface area contributed by atoms with E-state index in [0.717, 1.165) is 35.1 Å². The van der Waals surface area contributed by atoms with Crippen molar-refractivity contribution in [2.45, 2.75) is 20.0 Å². The Balaban J connectivity index is 1.65. The van der Waals surface area contributed by atoms with Crippen molar-refractivity contribution in [2.75, 3.05) is 0 Å². The fourth-order valence-corrected chi connectivity index (χ4v) is 2.79. The Kier molecular flexibility index (Phi) is 3.50. The van der Waals surface area contributed by atoms with Crippen LogP contribution in [-0.4, -0.2) is 14.4 Å². The van der Waals surface area contributed by atoms with Crippen LogP contribution in [-0.2, 0) is 13.1 Å². The molecule has 0 amide bonds. The van der Waals surface area contributed by atoms with Gasteiger partial charge in [-0.2, -0.15) is 0 Å². The van der Waals surface area contributed by atoms with Crippen LogP contribution in [0, 0.1) is 6.92 Å². The SMILES string of the molecule is Cc1csc(CNCc2cn3cc(Cl)ccc3n2)n1. The van der Waals surface area contributed by atoms with Gasteiger partial charge in [-0.3, -0.25) is 0 Å². The van der Waals surface area contributed by atoms with Gasteiger partial charge >= 0.3 is 0 Å². The molecule has 19 heavy (non-hydrogen) atoms. The number of nitrogens with zero attached hydrogens (tertiary/aromatic N) is 3. The number of hydrogen-bond acceptors (Lipinski definition) is 4. The van der Waals surface area contributed by atoms with Crippen LogP contribution in [0.2, 0.25) is 5.02 Å². The van der Waals surface area contributed by atoms with Crippen LogP contribution in [0.25, 0.3) is 5.65 Å². The molecular formula is C13H13ClN4S. The molecule has 0 spiro atoms. The highest BCUT2D eigenvalue weighted by atomic mass is 35.5. The van der Waals surface area contributed by atoms with Crippen LogP contribution in [0.4, 0.5) is 0 Å². The standard InChI is InChI=1S/C13H13ClN4S/c1-9-8-19-13(16-9)5-15-4-11-7-18-6-10(14)2-3-12(18)17-11/h2-3,6-8,15H,4-5H2,1H3. The lowest BCUT2D eigenvalue weighted by Crippen LogP contribution is -2.12. The Morgan fingerprint density at radius 1 is 1.26 bits per heavy atom. The first-order valence-electron chi connectivity index (χ1n) is 5.95. The van der Waals surface area contributed by atoms with Crippen LogP contribution in [0.15, 0.2) is 29.9 Å². The monoisotopic (exact) mass is 292 g/mol. The van der Waals surface area contributed by atoms with E-state index in [0.29, 0.717) is 5.02 Å². The number of rotatable bonds is 4. The van der Waals surface area contributed by atoms with Gasteiger partial charge in [-0.25, -0.2) is 9.97 Å². The smallest absolute Gasteiger partial charge is 0.137 e. The third-order valence-corrected chi connectivity index (χ3v) is 3.90. The number of imidazole rings is 1. The number of thiazole rings is 1. The highest BCUT2D eigenvalue weighted by Crippen LogP contribution is 2.12. The summed E-state index contributed by atoms with van der Waals surface area (Å²) in [4.78, 5) is 8.92. The van der Waals surface area contributed by atoms with E-state index in [9.17, 15) is 0 Å². The summed E-state index contributed by atoms with van der Waals surface area (Å²) >= 11 is 7.62. The van der Waals surface area contributed by atoms with Gasteiger partial charge in [0.15, 0.2) is 0 Å². The minimum atomic E-state index is 0.711. The highest BCUT2D eigenvalue weighted by molar-refractivity contribution is 7.09. The molecule has 0 unspecified atom stereocenters. The predicted octanol–water partition coefficient (Wildman–Crippen LogP) is 3.04. The molecule has 6 heteroatoms. The lowest BCUT2D eigenvalue weighted by molar-refractivity contribution is 0.679. The molecule has 3 rings (SSSR count). The summed E-state index contributed by atoms with van der Waals surface area (Å²) in [5.74, 6) is 0. The summed E-state index contributed by atoms with van der Waals surface area (Å²) < 4.78 is 1.94. The summed E-state index contributed by atoms with van der Waals surface area (Å²) in [5.41, 5.74) is 2.98. The summed E-state index contributed by atoms with van der Waals surface area (Å²) in [5, 5.41) is 7.22. The lowest BCUT2D eigenvalue weighted by atomic mass is 10.4. The topological polar surface area (TPSA) is 42.2 Å². The molecule has 3 heterocycles. The number of nitrogens with one attached hydrogen (secondary N) is 1. The van der Waals surface area contributed by atoms with Crippen LogP contribution >= 0.6 is 22.9 Å². The number of fused-ring (bicyclic) bond motifs is 1. The maximum Gasteiger partial charge on any atom is 0.137 e. The Morgan fingerprint density at radius 3 is 2.95 bits per heavy atom. The van der Waals surface area contributed by atoms with Gasteiger partial charge < -0.3 is 9.72 Å². The fourth-order valence-electron chi connectivity index (χ4n) is 1.88. The second kappa shape index (κ2) is 5.28. The van der Waals surface area contributed by atoms with Crippen molar-refractivity contribution in [3.63, 3.8) is 0 Å². The fraction of sp³-hybridized carbons (Fsp3) is 0.231. The van der Waals surface area contributed by atoms with E-state index in [-0.39, 0.29) is 0 Å². The molecule has 0 bridgehead atoms. The van der Waals surface area contributed by atoms with E-state index in [1.54, 1.807) is 11.3 Å². The zero-order chi connectivity index (χ0) is 13.2. The summed E-state index contributed by atoms with van der Waals surface area (Å²) in [6.45, 7) is 3.50. The number of pyridine rings is 1. The first-order chi connectivity index (χ1) is 9.20. The summed E-state index contributed by atoms with van der Waals surface area (Å²) in [6.07, 6.45) is 3.85. The molecule has 0 saturated carbocycles. The van der Waals surface area contributed by atoms with Gasteiger partial charge in [-0.15, -0.1) is 11.3 Å². The molecule has 0 aliphatic heterocycles. The zero-order valence-electron chi connectivity index (χ0n) is 10.4. The van der Waals surface area contributed by atoms with Crippen LogP contribution in [0.3, 0.4) is 0 Å². The molecule has 0 aromatic carbocycles. The molecule has 0 aliphatic carbocycles. The molecule has 0 fully saturated rings. The van der Waals surface area contributed by atoms with Crippen molar-refractivity contribution >= 4 is 28.6 Å². The average Bonchev–Trinajstić information content (AvgIpc) is 2.95. The van der Waals surface area contributed by atoms with Crippen molar-refractivity contribution in [1.29, 1.82) is 0 Å². The van der Waals surface area contributed by atoms with E-state index in [1.807, 2.05) is 35.9 Å².